The van der Waals surface area contributed by atoms with E-state index in [2.05, 4.69) is 29.1 Å². The summed E-state index contributed by atoms with van der Waals surface area (Å²) in [6.45, 7) is 9.22. The van der Waals surface area contributed by atoms with Crippen LogP contribution in [-0.2, 0) is 23.9 Å². The van der Waals surface area contributed by atoms with E-state index in [0.29, 0.717) is 30.7 Å². The number of methoxy groups -OCH3 is 1. The van der Waals surface area contributed by atoms with E-state index in [9.17, 15) is 19.5 Å². The molecule has 0 radical (unpaired) electrons. The zero-order valence-electron chi connectivity index (χ0n) is 21.8. The van der Waals surface area contributed by atoms with Crippen LogP contribution in [0.2, 0.25) is 0 Å². The first kappa shape index (κ1) is 28.3. The second-order valence-electron chi connectivity index (χ2n) is 9.97. The molecule has 1 spiro atoms. The highest BCUT2D eigenvalue weighted by atomic mass is 79.9. The Bertz CT molecular complexity index is 1080. The van der Waals surface area contributed by atoms with Crippen LogP contribution in [0.5, 0.6) is 5.75 Å². The van der Waals surface area contributed by atoms with Gasteiger partial charge >= 0.3 is 5.97 Å². The third-order valence-corrected chi connectivity index (χ3v) is 8.58. The fraction of sp³-hybridized carbons (Fsp3) is 0.536. The Hall–Kier alpha value is -2.69. The van der Waals surface area contributed by atoms with Gasteiger partial charge in [0.25, 0.3) is 5.91 Å². The fourth-order valence-corrected chi connectivity index (χ4v) is 6.98. The Morgan fingerprint density at radius 3 is 2.63 bits per heavy atom. The summed E-state index contributed by atoms with van der Waals surface area (Å²) < 4.78 is 17.3. The minimum absolute atomic E-state index is 0.188. The molecular formula is C28H35BrN2O7. The number of halogens is 1. The number of carbonyl (C=O) groups excluding carboxylic acids is 3. The van der Waals surface area contributed by atoms with E-state index in [1.165, 1.54) is 4.90 Å². The molecule has 7 atom stereocenters. The highest BCUT2D eigenvalue weighted by Crippen LogP contribution is 2.60. The molecule has 3 fully saturated rings. The number of nitrogens with zero attached hydrogens (tertiary/aromatic N) is 2. The molecule has 1 aromatic rings. The van der Waals surface area contributed by atoms with Gasteiger partial charge in [-0.2, -0.15) is 0 Å². The number of fused-ring (bicyclic) bond motifs is 1. The molecule has 9 nitrogen and oxygen atoms in total. The van der Waals surface area contributed by atoms with Gasteiger partial charge in [-0.15, -0.1) is 13.2 Å². The van der Waals surface area contributed by atoms with Crippen LogP contribution in [0.15, 0.2) is 49.6 Å². The average molecular weight is 591 g/mol. The van der Waals surface area contributed by atoms with Crippen molar-refractivity contribution < 1.29 is 33.7 Å². The first-order valence-corrected chi connectivity index (χ1v) is 13.8. The summed E-state index contributed by atoms with van der Waals surface area (Å²) in [5.41, 5.74) is -0.645. The molecule has 3 saturated heterocycles. The number of rotatable bonds is 12. The Kier molecular flexibility index (Phi) is 8.64. The van der Waals surface area contributed by atoms with Crippen LogP contribution >= 0.6 is 15.9 Å². The second kappa shape index (κ2) is 11.6. The van der Waals surface area contributed by atoms with Crippen molar-refractivity contribution in [2.45, 2.75) is 54.8 Å². The predicted molar refractivity (Wildman–Crippen MR) is 145 cm³/mol. The van der Waals surface area contributed by atoms with Crippen molar-refractivity contribution >= 4 is 39.4 Å². The molecule has 0 saturated carbocycles. The molecule has 3 aliphatic heterocycles. The van der Waals surface area contributed by atoms with E-state index in [1.54, 1.807) is 55.4 Å². The monoisotopic (exact) mass is 590 g/mol. The molecule has 3 aliphatic rings. The normalized spacial score (nSPS) is 30.1. The van der Waals surface area contributed by atoms with Crippen molar-refractivity contribution in [2.75, 3.05) is 31.8 Å². The highest BCUT2D eigenvalue weighted by molar-refractivity contribution is 9.09. The number of anilines is 1. The molecule has 38 heavy (non-hydrogen) atoms. The van der Waals surface area contributed by atoms with Gasteiger partial charge in [-0.3, -0.25) is 14.4 Å². The number of carbonyl (C=O) groups is 3. The molecule has 3 heterocycles. The van der Waals surface area contributed by atoms with Gasteiger partial charge in [0.15, 0.2) is 0 Å². The van der Waals surface area contributed by atoms with Gasteiger partial charge < -0.3 is 29.1 Å². The van der Waals surface area contributed by atoms with Crippen molar-refractivity contribution in [3.05, 3.63) is 49.6 Å². The summed E-state index contributed by atoms with van der Waals surface area (Å²) in [5.74, 6) is -2.37. The summed E-state index contributed by atoms with van der Waals surface area (Å²) in [6, 6.07) is 5.30. The van der Waals surface area contributed by atoms with Gasteiger partial charge in [-0.05, 0) is 50.5 Å². The van der Waals surface area contributed by atoms with Crippen molar-refractivity contribution in [1.82, 2.24) is 4.90 Å². The number of unbranched alkanes of at least 4 members (excludes halogenated alkanes) is 1. The molecule has 2 amide bonds. The topological polar surface area (TPSA) is 106 Å². The number of esters is 1. The molecule has 3 unspecified atom stereocenters. The van der Waals surface area contributed by atoms with Crippen molar-refractivity contribution in [2.24, 2.45) is 11.8 Å². The SMILES string of the molecule is C=CCCCOC(=O)[C@H]1[C@@H]2OC3(CC2Br)C(C(=O)N(CC=C)c2ccc(OC)cc2)N([C@H](C)CO)C(=O)[C@H]13. The van der Waals surface area contributed by atoms with Crippen molar-refractivity contribution in [3.8, 4) is 5.75 Å². The Morgan fingerprint density at radius 1 is 1.32 bits per heavy atom. The van der Waals surface area contributed by atoms with E-state index < -0.39 is 41.6 Å². The predicted octanol–water partition coefficient (Wildman–Crippen LogP) is 2.85. The van der Waals surface area contributed by atoms with Crippen molar-refractivity contribution in [3.63, 3.8) is 0 Å². The van der Waals surface area contributed by atoms with Crippen LogP contribution in [0.1, 0.15) is 26.2 Å². The number of aliphatic hydroxyl groups is 1. The number of alkyl halides is 1. The fourth-order valence-electron chi connectivity index (χ4n) is 6.04. The smallest absolute Gasteiger partial charge is 0.312 e. The maximum absolute atomic E-state index is 14.4. The number of benzene rings is 1. The summed E-state index contributed by atoms with van der Waals surface area (Å²) in [6.07, 6.45) is 4.45. The number of amides is 2. The van der Waals surface area contributed by atoms with Crippen LogP contribution < -0.4 is 9.64 Å². The molecule has 0 aliphatic carbocycles. The summed E-state index contributed by atoms with van der Waals surface area (Å²) in [5, 5.41) is 10.1. The highest BCUT2D eigenvalue weighted by Gasteiger charge is 2.77. The van der Waals surface area contributed by atoms with Crippen LogP contribution in [0.4, 0.5) is 5.69 Å². The van der Waals surface area contributed by atoms with Crippen LogP contribution in [0, 0.1) is 11.8 Å². The lowest BCUT2D eigenvalue weighted by atomic mass is 9.70. The zero-order valence-corrected chi connectivity index (χ0v) is 23.3. The van der Waals surface area contributed by atoms with Crippen LogP contribution in [0.3, 0.4) is 0 Å². The standard InChI is InChI=1S/C28H35BrN2O7/c1-5-7-8-14-37-27(35)21-22-25(33)31(17(3)16-32)24(28(22)15-20(29)23(21)38-28)26(34)30(13-6-2)18-9-11-19(36-4)12-10-18/h5-6,9-12,17,20-24,32H,1-2,7-8,13-16H2,3-4H3/t17-,20?,21-,22+,23-,24?,28?/m1/s1. The van der Waals surface area contributed by atoms with E-state index in [0.717, 1.165) is 0 Å². The molecule has 1 aromatic carbocycles. The van der Waals surface area contributed by atoms with Gasteiger partial charge in [0.05, 0.1) is 44.3 Å². The van der Waals surface area contributed by atoms with E-state index in [4.69, 9.17) is 14.2 Å². The maximum Gasteiger partial charge on any atom is 0.312 e. The number of hydrogen-bond acceptors (Lipinski definition) is 7. The lowest BCUT2D eigenvalue weighted by molar-refractivity contribution is -0.155. The number of allylic oxidation sites excluding steroid dienone is 1. The van der Waals surface area contributed by atoms with Gasteiger partial charge in [0.1, 0.15) is 17.4 Å². The second-order valence-corrected chi connectivity index (χ2v) is 11.2. The molecule has 1 N–H and O–H groups in total. The van der Waals surface area contributed by atoms with Crippen LogP contribution in [-0.4, -0.2) is 83.3 Å². The summed E-state index contributed by atoms with van der Waals surface area (Å²) in [7, 11) is 1.56. The minimum atomic E-state index is -1.24. The molecule has 4 rings (SSSR count). The Labute approximate surface area is 231 Å². The van der Waals surface area contributed by atoms with Gasteiger partial charge in [-0.1, -0.05) is 28.1 Å². The van der Waals surface area contributed by atoms with Crippen molar-refractivity contribution in [1.29, 1.82) is 0 Å². The Balaban J connectivity index is 1.73. The first-order valence-electron chi connectivity index (χ1n) is 12.8. The van der Waals surface area contributed by atoms with Crippen LogP contribution in [0.25, 0.3) is 0 Å². The number of hydrogen-bond donors (Lipinski definition) is 1. The van der Waals surface area contributed by atoms with E-state index >= 15 is 0 Å². The lowest BCUT2D eigenvalue weighted by Gasteiger charge is -2.38. The summed E-state index contributed by atoms with van der Waals surface area (Å²) in [4.78, 5) is 44.3. The third kappa shape index (κ3) is 4.67. The zero-order chi connectivity index (χ0) is 27.6. The van der Waals surface area contributed by atoms with Gasteiger partial charge in [0, 0.05) is 17.1 Å². The molecule has 0 aromatic heterocycles. The Morgan fingerprint density at radius 2 is 2.03 bits per heavy atom. The number of likely N-dealkylation sites (tertiary alicyclic amines) is 1. The van der Waals surface area contributed by atoms with E-state index in [-0.39, 0.29) is 36.4 Å². The minimum Gasteiger partial charge on any atom is -0.497 e. The molecule has 10 heteroatoms. The van der Waals surface area contributed by atoms with Gasteiger partial charge in [-0.25, -0.2) is 0 Å². The molecule has 2 bridgehead atoms. The molecule has 206 valence electrons. The first-order chi connectivity index (χ1) is 18.2. The average Bonchev–Trinajstić information content (AvgIpc) is 3.52. The van der Waals surface area contributed by atoms with E-state index in [1.807, 2.05) is 0 Å². The lowest BCUT2D eigenvalue weighted by Crippen LogP contribution is -2.58. The largest absolute Gasteiger partial charge is 0.497 e. The number of aliphatic hydroxyl groups excluding tert-OH is 1. The third-order valence-electron chi connectivity index (χ3n) is 7.73. The summed E-state index contributed by atoms with van der Waals surface area (Å²) >= 11 is 3.65. The quantitative estimate of drug-likeness (QED) is 0.173. The maximum atomic E-state index is 14.4. The van der Waals surface area contributed by atoms with Gasteiger partial charge in [0.2, 0.25) is 5.91 Å². The molecular weight excluding hydrogens is 556 g/mol. The number of ether oxygens (including phenoxy) is 3.